The Morgan fingerprint density at radius 1 is 1.71 bits per heavy atom. The number of carbonyl (C=O) groups is 1. The van der Waals surface area contributed by atoms with Gasteiger partial charge in [-0.3, -0.25) is 4.79 Å². The van der Waals surface area contributed by atoms with E-state index in [-0.39, 0.29) is 24.2 Å². The summed E-state index contributed by atoms with van der Waals surface area (Å²) in [5.74, 6) is 0.897. The summed E-state index contributed by atoms with van der Waals surface area (Å²) in [6, 6.07) is 1.83. The summed E-state index contributed by atoms with van der Waals surface area (Å²) in [6.45, 7) is 4.09. The molecule has 2 rings (SSSR count). The van der Waals surface area contributed by atoms with E-state index in [1.165, 1.54) is 0 Å². The van der Waals surface area contributed by atoms with Gasteiger partial charge in [-0.25, -0.2) is 0 Å². The minimum absolute atomic E-state index is 0. The van der Waals surface area contributed by atoms with E-state index in [4.69, 9.17) is 4.52 Å². The molecule has 0 aromatic carbocycles. The van der Waals surface area contributed by atoms with Gasteiger partial charge in [0.1, 0.15) is 0 Å². The largest absolute Gasteiger partial charge is 0.359 e. The predicted molar refractivity (Wildman–Crippen MR) is 65.9 cm³/mol. The quantitative estimate of drug-likeness (QED) is 0.851. The van der Waals surface area contributed by atoms with Crippen LogP contribution in [0.4, 0.5) is 0 Å². The molecule has 6 heteroatoms. The van der Waals surface area contributed by atoms with E-state index >= 15 is 0 Å². The van der Waals surface area contributed by atoms with Crippen molar-refractivity contribution in [1.82, 2.24) is 15.8 Å². The first-order valence-electron chi connectivity index (χ1n) is 5.66. The third-order valence-electron chi connectivity index (χ3n) is 2.78. The van der Waals surface area contributed by atoms with Crippen molar-refractivity contribution in [3.05, 3.63) is 17.5 Å². The maximum atomic E-state index is 11.8. The number of nitrogens with one attached hydrogen (secondary N) is 2. The van der Waals surface area contributed by atoms with Crippen LogP contribution in [0, 0.1) is 12.8 Å². The fraction of sp³-hybridized carbons (Fsp3) is 0.636. The van der Waals surface area contributed by atoms with Crippen molar-refractivity contribution in [3.63, 3.8) is 0 Å². The Bertz CT molecular complexity index is 361. The highest BCUT2D eigenvalue weighted by Crippen LogP contribution is 2.10. The van der Waals surface area contributed by atoms with Gasteiger partial charge in [0.25, 0.3) is 0 Å². The average Bonchev–Trinajstić information content (AvgIpc) is 2.73. The van der Waals surface area contributed by atoms with E-state index in [2.05, 4.69) is 15.8 Å². The first-order chi connectivity index (χ1) is 7.75. The zero-order valence-corrected chi connectivity index (χ0v) is 10.7. The fourth-order valence-corrected chi connectivity index (χ4v) is 1.89. The summed E-state index contributed by atoms with van der Waals surface area (Å²) in [5.41, 5.74) is 0.837. The van der Waals surface area contributed by atoms with Gasteiger partial charge >= 0.3 is 0 Å². The topological polar surface area (TPSA) is 67.2 Å². The molecule has 2 heterocycles. The molecule has 0 bridgehead atoms. The molecule has 0 saturated carbocycles. The number of aromatic nitrogens is 1. The molecule has 96 valence electrons. The number of piperidine rings is 1. The van der Waals surface area contributed by atoms with Gasteiger partial charge in [-0.2, -0.15) is 0 Å². The van der Waals surface area contributed by atoms with Crippen molar-refractivity contribution in [2.45, 2.75) is 26.3 Å². The summed E-state index contributed by atoms with van der Waals surface area (Å²) in [5, 5.41) is 9.86. The van der Waals surface area contributed by atoms with Gasteiger partial charge in [-0.1, -0.05) is 5.16 Å². The van der Waals surface area contributed by atoms with Crippen LogP contribution in [-0.2, 0) is 11.3 Å². The molecule has 0 aliphatic carbocycles. The van der Waals surface area contributed by atoms with Crippen LogP contribution >= 0.6 is 12.4 Å². The normalized spacial score (nSPS) is 19.5. The van der Waals surface area contributed by atoms with Gasteiger partial charge in [0.05, 0.1) is 18.2 Å². The molecule has 1 amide bonds. The van der Waals surface area contributed by atoms with E-state index < -0.39 is 0 Å². The highest BCUT2D eigenvalue weighted by atomic mass is 35.5. The Morgan fingerprint density at radius 2 is 2.53 bits per heavy atom. The van der Waals surface area contributed by atoms with Gasteiger partial charge in [0, 0.05) is 12.6 Å². The number of amides is 1. The molecule has 1 aromatic heterocycles. The van der Waals surface area contributed by atoms with Crippen molar-refractivity contribution < 1.29 is 9.32 Å². The predicted octanol–water partition coefficient (Wildman–Crippen LogP) is 1.02. The third kappa shape index (κ3) is 4.02. The maximum absolute atomic E-state index is 11.8. The Hall–Kier alpha value is -1.07. The molecule has 1 aliphatic rings. The lowest BCUT2D eigenvalue weighted by molar-refractivity contribution is -0.125. The second-order valence-electron chi connectivity index (χ2n) is 4.20. The molecule has 17 heavy (non-hydrogen) atoms. The molecular weight excluding hydrogens is 242 g/mol. The number of hydrogen-bond acceptors (Lipinski definition) is 4. The summed E-state index contributed by atoms with van der Waals surface area (Å²) in [4.78, 5) is 11.8. The third-order valence-corrected chi connectivity index (χ3v) is 2.78. The van der Waals surface area contributed by atoms with Gasteiger partial charge in [-0.05, 0) is 26.3 Å². The Morgan fingerprint density at radius 3 is 3.12 bits per heavy atom. The second kappa shape index (κ2) is 6.61. The van der Waals surface area contributed by atoms with Crippen LogP contribution in [0.3, 0.4) is 0 Å². The van der Waals surface area contributed by atoms with E-state index in [0.29, 0.717) is 12.3 Å². The SMILES string of the molecule is Cc1cc(CNC(=O)[C@@H]2CCCNC2)on1.Cl. The first-order valence-corrected chi connectivity index (χ1v) is 5.66. The van der Waals surface area contributed by atoms with Crippen LogP contribution in [0.15, 0.2) is 10.6 Å². The molecule has 1 aliphatic heterocycles. The van der Waals surface area contributed by atoms with Gasteiger partial charge in [-0.15, -0.1) is 12.4 Å². The van der Waals surface area contributed by atoms with Gasteiger partial charge < -0.3 is 15.2 Å². The lowest BCUT2D eigenvalue weighted by Crippen LogP contribution is -2.40. The van der Waals surface area contributed by atoms with Crippen LogP contribution in [0.25, 0.3) is 0 Å². The molecule has 0 unspecified atom stereocenters. The van der Waals surface area contributed by atoms with E-state index in [0.717, 1.165) is 31.6 Å². The van der Waals surface area contributed by atoms with Crippen LogP contribution in [0.2, 0.25) is 0 Å². The zero-order valence-electron chi connectivity index (χ0n) is 9.86. The molecule has 1 fully saturated rings. The Balaban J connectivity index is 0.00000144. The average molecular weight is 260 g/mol. The minimum atomic E-state index is 0. The molecular formula is C11H18ClN3O2. The van der Waals surface area contributed by atoms with Crippen LogP contribution in [-0.4, -0.2) is 24.2 Å². The molecule has 0 spiro atoms. The lowest BCUT2D eigenvalue weighted by Gasteiger charge is -2.21. The van der Waals surface area contributed by atoms with E-state index in [1.54, 1.807) is 0 Å². The van der Waals surface area contributed by atoms with Gasteiger partial charge in [0.2, 0.25) is 5.91 Å². The summed E-state index contributed by atoms with van der Waals surface area (Å²) >= 11 is 0. The number of rotatable bonds is 3. The Kier molecular flexibility index (Phi) is 5.44. The number of carbonyl (C=O) groups excluding carboxylic acids is 1. The number of aryl methyl sites for hydroxylation is 1. The van der Waals surface area contributed by atoms with Crippen LogP contribution < -0.4 is 10.6 Å². The second-order valence-corrected chi connectivity index (χ2v) is 4.20. The van der Waals surface area contributed by atoms with Crippen molar-refractivity contribution in [2.24, 2.45) is 5.92 Å². The van der Waals surface area contributed by atoms with Crippen LogP contribution in [0.5, 0.6) is 0 Å². The van der Waals surface area contributed by atoms with Crippen molar-refractivity contribution in [2.75, 3.05) is 13.1 Å². The molecule has 0 radical (unpaired) electrons. The van der Waals surface area contributed by atoms with Gasteiger partial charge in [0.15, 0.2) is 5.76 Å². The molecule has 1 aromatic rings. The molecule has 1 saturated heterocycles. The maximum Gasteiger partial charge on any atom is 0.224 e. The highest BCUT2D eigenvalue weighted by molar-refractivity contribution is 5.85. The number of halogens is 1. The lowest BCUT2D eigenvalue weighted by atomic mass is 9.99. The van der Waals surface area contributed by atoms with Crippen molar-refractivity contribution in [3.8, 4) is 0 Å². The minimum Gasteiger partial charge on any atom is -0.359 e. The summed E-state index contributed by atoms with van der Waals surface area (Å²) in [7, 11) is 0. The van der Waals surface area contributed by atoms with Crippen LogP contribution in [0.1, 0.15) is 24.3 Å². The first kappa shape index (κ1) is 14.0. The van der Waals surface area contributed by atoms with Crippen molar-refractivity contribution in [1.29, 1.82) is 0 Å². The zero-order chi connectivity index (χ0) is 11.4. The standard InChI is InChI=1S/C11H17N3O2.ClH/c1-8-5-10(16-14-8)7-13-11(15)9-3-2-4-12-6-9;/h5,9,12H,2-4,6-7H2,1H3,(H,13,15);1H/t9-;/m1./s1. The van der Waals surface area contributed by atoms with E-state index in [9.17, 15) is 4.79 Å². The fourth-order valence-electron chi connectivity index (χ4n) is 1.89. The monoisotopic (exact) mass is 259 g/mol. The summed E-state index contributed by atoms with van der Waals surface area (Å²) in [6.07, 6.45) is 2.04. The van der Waals surface area contributed by atoms with E-state index in [1.807, 2.05) is 13.0 Å². The highest BCUT2D eigenvalue weighted by Gasteiger charge is 2.20. The van der Waals surface area contributed by atoms with Crippen molar-refractivity contribution >= 4 is 18.3 Å². The molecule has 1 atom stereocenters. The number of nitrogens with zero attached hydrogens (tertiary/aromatic N) is 1. The summed E-state index contributed by atoms with van der Waals surface area (Å²) < 4.78 is 5.02. The number of hydrogen-bond donors (Lipinski definition) is 2. The smallest absolute Gasteiger partial charge is 0.224 e. The Labute approximate surface area is 107 Å². The molecule has 2 N–H and O–H groups in total. The molecule has 5 nitrogen and oxygen atoms in total.